The van der Waals surface area contributed by atoms with Gasteiger partial charge in [-0.3, -0.25) is 9.98 Å². The van der Waals surface area contributed by atoms with Crippen LogP contribution < -0.4 is 0 Å². The van der Waals surface area contributed by atoms with Gasteiger partial charge in [0.1, 0.15) is 24.6 Å². The average molecular weight is 575 g/mol. The fourth-order valence-electron chi connectivity index (χ4n) is 7.69. The molecule has 3 aliphatic rings. The van der Waals surface area contributed by atoms with E-state index in [1.165, 1.54) is 75.8 Å². The number of aromatic hydroxyl groups is 2. The molecule has 2 saturated heterocycles. The van der Waals surface area contributed by atoms with Crippen LogP contribution in [0.2, 0.25) is 0 Å². The number of hydrogen-bond donors (Lipinski definition) is 2. The zero-order chi connectivity index (χ0) is 29.7. The molecule has 42 heavy (non-hydrogen) atoms. The lowest BCUT2D eigenvalue weighted by molar-refractivity contribution is -0.926. The molecule has 0 radical (unpaired) electrons. The van der Waals surface area contributed by atoms with Gasteiger partial charge in [-0.1, -0.05) is 12.8 Å². The van der Waals surface area contributed by atoms with Crippen LogP contribution in [0.1, 0.15) is 97.6 Å². The number of phenolic OH excluding ortho intramolecular Hbond substituents is 2. The smallest absolute Gasteiger partial charge is 0.127 e. The molecule has 6 heteroatoms. The molecule has 1 aliphatic carbocycles. The Balaban J connectivity index is 1.32. The van der Waals surface area contributed by atoms with Crippen LogP contribution in [0.15, 0.2) is 34.3 Å². The van der Waals surface area contributed by atoms with Crippen LogP contribution in [-0.4, -0.2) is 84.0 Å². The summed E-state index contributed by atoms with van der Waals surface area (Å²) in [6.07, 6.45) is 15.9. The normalized spacial score (nSPS) is 24.4. The zero-order valence-corrected chi connectivity index (χ0v) is 26.6. The summed E-state index contributed by atoms with van der Waals surface area (Å²) >= 11 is 0. The Morgan fingerprint density at radius 3 is 1.38 bits per heavy atom. The molecule has 5 rings (SSSR count). The molecule has 6 nitrogen and oxygen atoms in total. The van der Waals surface area contributed by atoms with Gasteiger partial charge in [0.15, 0.2) is 0 Å². The van der Waals surface area contributed by atoms with Crippen LogP contribution in [0.25, 0.3) is 0 Å². The first-order chi connectivity index (χ1) is 20.1. The molecule has 228 valence electrons. The van der Waals surface area contributed by atoms with Gasteiger partial charge in [-0.15, -0.1) is 0 Å². The summed E-state index contributed by atoms with van der Waals surface area (Å²) in [5.41, 5.74) is 6.03. The summed E-state index contributed by atoms with van der Waals surface area (Å²) in [5, 5.41) is 21.8. The van der Waals surface area contributed by atoms with Crippen LogP contribution in [0.4, 0.5) is 0 Å². The minimum atomic E-state index is 0.0780. The van der Waals surface area contributed by atoms with Gasteiger partial charge in [-0.2, -0.15) is 0 Å². The van der Waals surface area contributed by atoms with Crippen molar-refractivity contribution in [3.05, 3.63) is 57.6 Å². The van der Waals surface area contributed by atoms with Gasteiger partial charge in [0.25, 0.3) is 0 Å². The predicted octanol–water partition coefficient (Wildman–Crippen LogP) is 6.82. The van der Waals surface area contributed by atoms with Crippen LogP contribution in [0.5, 0.6) is 11.5 Å². The van der Waals surface area contributed by atoms with E-state index < -0.39 is 0 Å². The quantitative estimate of drug-likeness (QED) is 0.268. The Kier molecular flexibility index (Phi) is 9.74. The van der Waals surface area contributed by atoms with Crippen LogP contribution in [0.3, 0.4) is 0 Å². The topological polar surface area (TPSA) is 65.2 Å². The number of aliphatic imine (C=N–C) groups is 2. The van der Waals surface area contributed by atoms with Gasteiger partial charge in [0.05, 0.1) is 52.4 Å². The molecule has 2 aromatic carbocycles. The molecule has 3 fully saturated rings. The highest BCUT2D eigenvalue weighted by Crippen LogP contribution is 2.30. The Morgan fingerprint density at radius 1 is 0.619 bits per heavy atom. The SMILES string of the molecule is Cc1cc(C[N+]2(C)CCCCC2)cc(C=NC2CCCC[C@H]2N=Cc2cc(C[N+]3(C)CCCCC3)cc(C)c2O)c1O. The van der Waals surface area contributed by atoms with E-state index in [9.17, 15) is 10.2 Å². The molecule has 2 heterocycles. The Hall–Kier alpha value is -2.70. The fourth-order valence-corrected chi connectivity index (χ4v) is 7.69. The monoisotopic (exact) mass is 574 g/mol. The van der Waals surface area contributed by atoms with Crippen molar-refractivity contribution in [2.24, 2.45) is 9.98 Å². The van der Waals surface area contributed by atoms with E-state index >= 15 is 0 Å². The number of rotatable bonds is 8. The summed E-state index contributed by atoms with van der Waals surface area (Å²) < 4.78 is 2.15. The molecule has 0 bridgehead atoms. The molecule has 2 N–H and O–H groups in total. The third-order valence-corrected chi connectivity index (χ3v) is 10.2. The van der Waals surface area contributed by atoms with Gasteiger partial charge in [0.2, 0.25) is 0 Å². The van der Waals surface area contributed by atoms with Crippen LogP contribution in [0, 0.1) is 13.8 Å². The van der Waals surface area contributed by atoms with Crippen LogP contribution in [-0.2, 0) is 13.1 Å². The van der Waals surface area contributed by atoms with Crippen molar-refractivity contribution in [3.63, 3.8) is 0 Å². The van der Waals surface area contributed by atoms with E-state index in [2.05, 4.69) is 38.4 Å². The van der Waals surface area contributed by atoms with E-state index in [1.807, 2.05) is 26.3 Å². The summed E-state index contributed by atoms with van der Waals surface area (Å²) in [4.78, 5) is 10.1. The van der Waals surface area contributed by atoms with Gasteiger partial charge in [-0.05, 0) is 101 Å². The lowest BCUT2D eigenvalue weighted by Crippen LogP contribution is -2.47. The summed E-state index contributed by atoms with van der Waals surface area (Å²) in [6, 6.07) is 8.73. The van der Waals surface area contributed by atoms with Crippen molar-refractivity contribution in [1.82, 2.24) is 0 Å². The first kappa shape index (κ1) is 30.7. The predicted molar refractivity (Wildman–Crippen MR) is 174 cm³/mol. The Bertz CT molecular complexity index is 1190. The summed E-state index contributed by atoms with van der Waals surface area (Å²) in [6.45, 7) is 10.9. The Morgan fingerprint density at radius 2 is 1.00 bits per heavy atom. The molecule has 1 unspecified atom stereocenters. The molecular weight excluding hydrogens is 520 g/mol. The average Bonchev–Trinajstić information content (AvgIpc) is 2.96. The largest absolute Gasteiger partial charge is 0.507 e. The number of likely N-dealkylation sites (tertiary alicyclic amines) is 2. The van der Waals surface area contributed by atoms with Gasteiger partial charge in [-0.25, -0.2) is 0 Å². The maximum Gasteiger partial charge on any atom is 0.127 e. The minimum absolute atomic E-state index is 0.0780. The highest BCUT2D eigenvalue weighted by molar-refractivity contribution is 5.85. The van der Waals surface area contributed by atoms with E-state index in [4.69, 9.17) is 9.98 Å². The van der Waals surface area contributed by atoms with Gasteiger partial charge < -0.3 is 19.2 Å². The summed E-state index contributed by atoms with van der Waals surface area (Å²) in [5.74, 6) is 0.670. The Labute approximate surface area is 254 Å². The first-order valence-electron chi connectivity index (χ1n) is 16.5. The number of hydrogen-bond acceptors (Lipinski definition) is 4. The van der Waals surface area contributed by atoms with Crippen molar-refractivity contribution in [2.45, 2.75) is 103 Å². The molecule has 2 atom stereocenters. The molecule has 0 spiro atoms. The van der Waals surface area contributed by atoms with E-state index in [0.29, 0.717) is 11.5 Å². The van der Waals surface area contributed by atoms with Crippen molar-refractivity contribution < 1.29 is 19.2 Å². The maximum absolute atomic E-state index is 10.9. The second kappa shape index (κ2) is 13.3. The first-order valence-corrected chi connectivity index (χ1v) is 16.5. The standard InChI is InChI=1S/C36H52N4O2/c1-27-19-29(25-39(3)15-9-5-10-16-39)21-31(35(27)41)23-37-33-13-7-8-14-34(33)38-24-32-22-30(20-28(2)36(32)42)26-40(4)17-11-6-12-18-40/h19-24,33-34H,5-18,25-26H2,1-4H3/p+2/t33-,34?/m1/s1. The minimum Gasteiger partial charge on any atom is -0.507 e. The highest BCUT2D eigenvalue weighted by atomic mass is 16.3. The highest BCUT2D eigenvalue weighted by Gasteiger charge is 2.28. The number of quaternary nitrogens is 2. The molecule has 0 amide bonds. The molecular formula is C36H54N4O2+2. The molecule has 0 aromatic heterocycles. The van der Waals surface area contributed by atoms with Crippen LogP contribution >= 0.6 is 0 Å². The molecule has 2 aliphatic heterocycles. The lowest BCUT2D eigenvalue weighted by atomic mass is 9.91. The third kappa shape index (κ3) is 7.62. The van der Waals surface area contributed by atoms with E-state index in [-0.39, 0.29) is 12.1 Å². The lowest BCUT2D eigenvalue weighted by Gasteiger charge is -2.38. The molecule has 2 aromatic rings. The fraction of sp³-hybridized carbons (Fsp3) is 0.611. The number of piperidine rings is 2. The van der Waals surface area contributed by atoms with E-state index in [0.717, 1.165) is 70.0 Å². The maximum atomic E-state index is 10.9. The van der Waals surface area contributed by atoms with Crippen molar-refractivity contribution >= 4 is 12.4 Å². The van der Waals surface area contributed by atoms with Crippen molar-refractivity contribution in [3.8, 4) is 11.5 Å². The second-order valence-corrected chi connectivity index (χ2v) is 14.2. The van der Waals surface area contributed by atoms with Gasteiger partial charge in [0, 0.05) is 34.7 Å². The number of nitrogens with zero attached hydrogens (tertiary/aromatic N) is 4. The van der Waals surface area contributed by atoms with E-state index in [1.54, 1.807) is 0 Å². The number of phenols is 2. The van der Waals surface area contributed by atoms with Crippen molar-refractivity contribution in [1.29, 1.82) is 0 Å². The number of benzene rings is 2. The number of aryl methyl sites for hydroxylation is 2. The molecule has 1 saturated carbocycles. The second-order valence-electron chi connectivity index (χ2n) is 14.2. The van der Waals surface area contributed by atoms with Crippen molar-refractivity contribution in [2.75, 3.05) is 40.3 Å². The summed E-state index contributed by atoms with van der Waals surface area (Å²) in [7, 11) is 4.73. The van der Waals surface area contributed by atoms with Gasteiger partial charge >= 0.3 is 0 Å². The third-order valence-electron chi connectivity index (χ3n) is 10.2. The zero-order valence-electron chi connectivity index (χ0n) is 26.6.